The van der Waals surface area contributed by atoms with E-state index >= 15 is 0 Å². The Morgan fingerprint density at radius 2 is 1.59 bits per heavy atom. The summed E-state index contributed by atoms with van der Waals surface area (Å²) >= 11 is 0. The van der Waals surface area contributed by atoms with E-state index in [1.54, 1.807) is 19.1 Å². The van der Waals surface area contributed by atoms with Gasteiger partial charge in [-0.15, -0.1) is 0 Å². The second-order valence-electron chi connectivity index (χ2n) is 10.9. The van der Waals surface area contributed by atoms with Crippen LogP contribution < -0.4 is 4.74 Å². The van der Waals surface area contributed by atoms with Gasteiger partial charge in [0.05, 0.1) is 25.4 Å². The summed E-state index contributed by atoms with van der Waals surface area (Å²) in [5.74, 6) is 0.692. The maximum atomic E-state index is 14.6. The van der Waals surface area contributed by atoms with Crippen LogP contribution in [0.5, 0.6) is 5.75 Å². The van der Waals surface area contributed by atoms with Crippen molar-refractivity contribution in [2.45, 2.75) is 109 Å². The van der Waals surface area contributed by atoms with Crippen LogP contribution in [0, 0.1) is 29.4 Å². The number of ether oxygens (including phenoxy) is 3. The van der Waals surface area contributed by atoms with Gasteiger partial charge in [0.1, 0.15) is 0 Å². The van der Waals surface area contributed by atoms with Crippen LogP contribution >= 0.6 is 0 Å². The van der Waals surface area contributed by atoms with Gasteiger partial charge in [-0.1, -0.05) is 38.7 Å². The Balaban J connectivity index is 1.17. The first-order valence-corrected chi connectivity index (χ1v) is 13.9. The maximum absolute atomic E-state index is 14.6. The van der Waals surface area contributed by atoms with E-state index in [4.69, 9.17) is 14.2 Å². The van der Waals surface area contributed by atoms with Gasteiger partial charge in [0.15, 0.2) is 11.6 Å². The van der Waals surface area contributed by atoms with Crippen molar-refractivity contribution in [2.24, 2.45) is 17.8 Å². The summed E-state index contributed by atoms with van der Waals surface area (Å²) in [6.07, 6.45) is 14.5. The van der Waals surface area contributed by atoms with Crippen LogP contribution in [0.1, 0.15) is 102 Å². The highest BCUT2D eigenvalue weighted by Crippen LogP contribution is 2.41. The molecule has 2 aliphatic carbocycles. The fourth-order valence-electron chi connectivity index (χ4n) is 6.55. The largest absolute Gasteiger partial charge is 0.491 e. The second-order valence-corrected chi connectivity index (χ2v) is 10.9. The molecule has 34 heavy (non-hydrogen) atoms. The normalized spacial score (nSPS) is 32.5. The molecule has 3 fully saturated rings. The van der Waals surface area contributed by atoms with Crippen molar-refractivity contribution in [3.8, 4) is 5.75 Å². The average molecular weight is 479 g/mol. The number of halogens is 2. The van der Waals surface area contributed by atoms with Crippen LogP contribution in [0.4, 0.5) is 8.78 Å². The minimum absolute atomic E-state index is 0.00832. The fourth-order valence-corrected chi connectivity index (χ4v) is 6.55. The molecule has 1 aromatic rings. The van der Waals surface area contributed by atoms with E-state index in [2.05, 4.69) is 6.92 Å². The van der Waals surface area contributed by atoms with E-state index in [0.717, 1.165) is 57.0 Å². The number of rotatable bonds is 9. The van der Waals surface area contributed by atoms with Gasteiger partial charge in [0, 0.05) is 6.61 Å². The van der Waals surface area contributed by atoms with Crippen molar-refractivity contribution in [3.63, 3.8) is 0 Å². The third-order valence-electron chi connectivity index (χ3n) is 8.61. The molecule has 1 aromatic carbocycles. The number of hydrogen-bond donors (Lipinski definition) is 0. The number of hydrogen-bond acceptors (Lipinski definition) is 3. The zero-order valence-electron chi connectivity index (χ0n) is 21.2. The molecule has 2 unspecified atom stereocenters. The molecule has 0 radical (unpaired) electrons. The Bertz CT molecular complexity index is 746. The standard InChI is InChI=1S/C29H44F2O3/c1-3-5-20-6-8-21(9-7-20)18-33-24-14-16-26(34-19-24)23-12-10-22(11-13-23)25-15-17-27(32-4-2)29(31)28(25)30/h15,17,20-24,26H,3-14,16,18-19H2,1-2H3. The first kappa shape index (κ1) is 25.9. The van der Waals surface area contributed by atoms with Crippen molar-refractivity contribution in [1.29, 1.82) is 0 Å². The van der Waals surface area contributed by atoms with Crippen LogP contribution in [-0.2, 0) is 9.47 Å². The van der Waals surface area contributed by atoms with Gasteiger partial charge in [-0.2, -0.15) is 4.39 Å². The van der Waals surface area contributed by atoms with Gasteiger partial charge in [-0.3, -0.25) is 0 Å². The van der Waals surface area contributed by atoms with Crippen LogP contribution in [0.25, 0.3) is 0 Å². The summed E-state index contributed by atoms with van der Waals surface area (Å²) in [6.45, 7) is 5.99. The highest BCUT2D eigenvalue weighted by molar-refractivity contribution is 5.33. The van der Waals surface area contributed by atoms with E-state index in [1.807, 2.05) is 0 Å². The predicted molar refractivity (Wildman–Crippen MR) is 131 cm³/mol. The molecule has 1 heterocycles. The highest BCUT2D eigenvalue weighted by Gasteiger charge is 2.34. The Morgan fingerprint density at radius 3 is 2.24 bits per heavy atom. The molecule has 4 rings (SSSR count). The summed E-state index contributed by atoms with van der Waals surface area (Å²) in [4.78, 5) is 0. The molecular weight excluding hydrogens is 434 g/mol. The molecule has 5 heteroatoms. The van der Waals surface area contributed by atoms with Crippen molar-refractivity contribution in [1.82, 2.24) is 0 Å². The molecule has 3 nitrogen and oxygen atoms in total. The van der Waals surface area contributed by atoms with Crippen LogP contribution in [0.3, 0.4) is 0 Å². The van der Waals surface area contributed by atoms with Gasteiger partial charge in [-0.25, -0.2) is 4.39 Å². The Hall–Kier alpha value is -1.20. The van der Waals surface area contributed by atoms with E-state index in [-0.39, 0.29) is 23.9 Å². The fraction of sp³-hybridized carbons (Fsp3) is 0.793. The van der Waals surface area contributed by atoms with Gasteiger partial charge in [0.2, 0.25) is 5.82 Å². The minimum Gasteiger partial charge on any atom is -0.491 e. The van der Waals surface area contributed by atoms with E-state index < -0.39 is 11.6 Å². The molecule has 0 spiro atoms. The molecule has 0 bridgehead atoms. The molecule has 3 aliphatic rings. The average Bonchev–Trinajstić information content (AvgIpc) is 2.87. The Kier molecular flexibility index (Phi) is 9.64. The third kappa shape index (κ3) is 6.51. The molecule has 192 valence electrons. The van der Waals surface area contributed by atoms with Crippen molar-refractivity contribution >= 4 is 0 Å². The van der Waals surface area contributed by atoms with Crippen molar-refractivity contribution in [3.05, 3.63) is 29.3 Å². The monoisotopic (exact) mass is 478 g/mol. The van der Waals surface area contributed by atoms with Crippen molar-refractivity contribution < 1.29 is 23.0 Å². The molecule has 1 saturated heterocycles. The lowest BCUT2D eigenvalue weighted by Gasteiger charge is -2.38. The molecule has 1 aliphatic heterocycles. The predicted octanol–water partition coefficient (Wildman–Crippen LogP) is 7.81. The zero-order valence-corrected chi connectivity index (χ0v) is 21.2. The Morgan fingerprint density at radius 1 is 0.853 bits per heavy atom. The van der Waals surface area contributed by atoms with Gasteiger partial charge >= 0.3 is 0 Å². The second kappa shape index (κ2) is 12.7. The van der Waals surface area contributed by atoms with E-state index in [9.17, 15) is 8.78 Å². The third-order valence-corrected chi connectivity index (χ3v) is 8.61. The van der Waals surface area contributed by atoms with Gasteiger partial charge < -0.3 is 14.2 Å². The zero-order chi connectivity index (χ0) is 23.9. The lowest BCUT2D eigenvalue weighted by Crippen LogP contribution is -2.37. The first-order valence-electron chi connectivity index (χ1n) is 13.9. The summed E-state index contributed by atoms with van der Waals surface area (Å²) in [5, 5.41) is 0. The topological polar surface area (TPSA) is 27.7 Å². The lowest BCUT2D eigenvalue weighted by atomic mass is 9.75. The van der Waals surface area contributed by atoms with Crippen LogP contribution in [0.15, 0.2) is 12.1 Å². The quantitative estimate of drug-likeness (QED) is 0.362. The molecular formula is C29H44F2O3. The molecule has 0 aromatic heterocycles. The SMILES string of the molecule is CCCC1CCC(COC2CCC(C3CCC(c4ccc(OCC)c(F)c4F)CC3)OC2)CC1. The molecule has 0 N–H and O–H groups in total. The highest BCUT2D eigenvalue weighted by atomic mass is 19.2. The van der Waals surface area contributed by atoms with Gasteiger partial charge in [0.25, 0.3) is 0 Å². The summed E-state index contributed by atoms with van der Waals surface area (Å²) in [5.41, 5.74) is 0.501. The Labute approximate surface area is 204 Å². The lowest BCUT2D eigenvalue weighted by molar-refractivity contribution is -0.114. The summed E-state index contributed by atoms with van der Waals surface area (Å²) in [6, 6.07) is 3.29. The smallest absolute Gasteiger partial charge is 0.200 e. The van der Waals surface area contributed by atoms with Gasteiger partial charge in [-0.05, 0) is 93.6 Å². The molecule has 2 atom stereocenters. The molecule has 2 saturated carbocycles. The van der Waals surface area contributed by atoms with E-state index in [1.165, 1.54) is 38.5 Å². The van der Waals surface area contributed by atoms with Crippen molar-refractivity contribution in [2.75, 3.05) is 19.8 Å². The maximum Gasteiger partial charge on any atom is 0.200 e. The first-order chi connectivity index (χ1) is 16.6. The minimum atomic E-state index is -0.850. The summed E-state index contributed by atoms with van der Waals surface area (Å²) < 4.78 is 46.7. The summed E-state index contributed by atoms with van der Waals surface area (Å²) in [7, 11) is 0. The van der Waals surface area contributed by atoms with E-state index in [0.29, 0.717) is 24.7 Å². The number of benzene rings is 1. The molecule has 0 amide bonds. The van der Waals surface area contributed by atoms with Crippen LogP contribution in [0.2, 0.25) is 0 Å². The van der Waals surface area contributed by atoms with Crippen LogP contribution in [-0.4, -0.2) is 32.0 Å².